The molecule has 8 heteroatoms. The van der Waals surface area contributed by atoms with Crippen LogP contribution in [0.2, 0.25) is 0 Å². The second kappa shape index (κ2) is 7.10. The molecule has 0 aliphatic carbocycles. The van der Waals surface area contributed by atoms with Crippen molar-refractivity contribution in [3.05, 3.63) is 48.3 Å². The van der Waals surface area contributed by atoms with E-state index in [2.05, 4.69) is 15.6 Å². The van der Waals surface area contributed by atoms with E-state index in [0.717, 1.165) is 0 Å². The quantitative estimate of drug-likeness (QED) is 0.845. The van der Waals surface area contributed by atoms with Gasteiger partial charge in [0.15, 0.2) is 9.84 Å². The SMILES string of the molecule is COc1cccc(NC(=O)c2ccc(NC3CCS(=O)(=O)C3)cn2)c1. The molecule has 1 amide bonds. The van der Waals surface area contributed by atoms with Gasteiger partial charge in [0.2, 0.25) is 0 Å². The van der Waals surface area contributed by atoms with E-state index in [1.807, 2.05) is 0 Å². The molecule has 1 aliphatic rings. The lowest BCUT2D eigenvalue weighted by molar-refractivity contribution is 0.102. The first-order valence-corrected chi connectivity index (χ1v) is 9.66. The van der Waals surface area contributed by atoms with E-state index in [1.54, 1.807) is 43.5 Å². The van der Waals surface area contributed by atoms with Gasteiger partial charge in [-0.05, 0) is 30.7 Å². The molecule has 0 saturated carbocycles. The Labute approximate surface area is 146 Å². The van der Waals surface area contributed by atoms with E-state index in [9.17, 15) is 13.2 Å². The Morgan fingerprint density at radius 1 is 1.24 bits per heavy atom. The van der Waals surface area contributed by atoms with Crippen LogP contribution in [0.25, 0.3) is 0 Å². The normalized spacial score (nSPS) is 18.5. The van der Waals surface area contributed by atoms with Crippen molar-refractivity contribution in [1.29, 1.82) is 0 Å². The number of nitrogens with one attached hydrogen (secondary N) is 2. The molecule has 0 radical (unpaired) electrons. The minimum Gasteiger partial charge on any atom is -0.497 e. The molecule has 1 aliphatic heterocycles. The topological polar surface area (TPSA) is 97.4 Å². The maximum atomic E-state index is 12.2. The first-order valence-electron chi connectivity index (χ1n) is 7.83. The highest BCUT2D eigenvalue weighted by Gasteiger charge is 2.27. The summed E-state index contributed by atoms with van der Waals surface area (Å²) in [5, 5.41) is 5.89. The second-order valence-electron chi connectivity index (χ2n) is 5.86. The molecule has 1 atom stereocenters. The summed E-state index contributed by atoms with van der Waals surface area (Å²) < 4.78 is 28.1. The fourth-order valence-electron chi connectivity index (χ4n) is 2.65. The van der Waals surface area contributed by atoms with E-state index >= 15 is 0 Å². The average Bonchev–Trinajstić information content (AvgIpc) is 2.94. The fourth-order valence-corrected chi connectivity index (χ4v) is 4.33. The van der Waals surface area contributed by atoms with Gasteiger partial charge in [-0.2, -0.15) is 0 Å². The van der Waals surface area contributed by atoms with Crippen molar-refractivity contribution in [2.75, 3.05) is 29.2 Å². The fraction of sp³-hybridized carbons (Fsp3) is 0.294. The molecule has 7 nitrogen and oxygen atoms in total. The van der Waals surface area contributed by atoms with Crippen molar-refractivity contribution in [3.8, 4) is 5.75 Å². The maximum Gasteiger partial charge on any atom is 0.274 e. The van der Waals surface area contributed by atoms with Crippen molar-refractivity contribution in [1.82, 2.24) is 4.98 Å². The summed E-state index contributed by atoms with van der Waals surface area (Å²) >= 11 is 0. The average molecular weight is 361 g/mol. The lowest BCUT2D eigenvalue weighted by atomic mass is 10.2. The van der Waals surface area contributed by atoms with E-state index < -0.39 is 9.84 Å². The van der Waals surface area contributed by atoms with E-state index in [1.165, 1.54) is 6.20 Å². The van der Waals surface area contributed by atoms with Gasteiger partial charge in [0.1, 0.15) is 11.4 Å². The number of aromatic nitrogens is 1. The molecular weight excluding hydrogens is 342 g/mol. The first-order chi connectivity index (χ1) is 11.9. The molecule has 1 fully saturated rings. The molecule has 25 heavy (non-hydrogen) atoms. The van der Waals surface area contributed by atoms with Gasteiger partial charge < -0.3 is 15.4 Å². The van der Waals surface area contributed by atoms with Crippen molar-refractivity contribution in [3.63, 3.8) is 0 Å². The lowest BCUT2D eigenvalue weighted by Crippen LogP contribution is -2.21. The molecule has 1 saturated heterocycles. The number of methoxy groups -OCH3 is 1. The number of carbonyl (C=O) groups excluding carboxylic acids is 1. The van der Waals surface area contributed by atoms with Gasteiger partial charge in [-0.1, -0.05) is 6.07 Å². The van der Waals surface area contributed by atoms with Crippen LogP contribution in [0.3, 0.4) is 0 Å². The predicted molar refractivity (Wildman–Crippen MR) is 95.9 cm³/mol. The van der Waals surface area contributed by atoms with Gasteiger partial charge in [0, 0.05) is 17.8 Å². The van der Waals surface area contributed by atoms with Crippen LogP contribution < -0.4 is 15.4 Å². The number of hydrogen-bond acceptors (Lipinski definition) is 6. The standard InChI is InChI=1S/C17H19N3O4S/c1-24-15-4-2-3-12(9-15)20-17(21)16-6-5-13(10-18-16)19-14-7-8-25(22,23)11-14/h2-6,9-10,14,19H,7-8,11H2,1H3,(H,20,21). The number of pyridine rings is 1. The van der Waals surface area contributed by atoms with Crippen LogP contribution in [-0.2, 0) is 9.84 Å². The van der Waals surface area contributed by atoms with Crippen LogP contribution in [0, 0.1) is 0 Å². The third-order valence-corrected chi connectivity index (χ3v) is 5.69. The number of amides is 1. The van der Waals surface area contributed by atoms with E-state index in [0.29, 0.717) is 23.5 Å². The summed E-state index contributed by atoms with van der Waals surface area (Å²) in [6.07, 6.45) is 2.12. The minimum atomic E-state index is -2.93. The first kappa shape index (κ1) is 17.2. The van der Waals surface area contributed by atoms with Gasteiger partial charge in [-0.15, -0.1) is 0 Å². The summed E-state index contributed by atoms with van der Waals surface area (Å²) in [7, 11) is -1.38. The van der Waals surface area contributed by atoms with Crippen LogP contribution in [0.4, 0.5) is 11.4 Å². The molecular formula is C17H19N3O4S. The molecule has 132 valence electrons. The molecule has 1 aromatic heterocycles. The number of carbonyl (C=O) groups is 1. The van der Waals surface area contributed by atoms with E-state index in [-0.39, 0.29) is 29.1 Å². The second-order valence-corrected chi connectivity index (χ2v) is 8.09. The van der Waals surface area contributed by atoms with Crippen LogP contribution in [0.15, 0.2) is 42.6 Å². The zero-order chi connectivity index (χ0) is 17.9. The molecule has 2 N–H and O–H groups in total. The molecule has 1 unspecified atom stereocenters. The minimum absolute atomic E-state index is 0.108. The Morgan fingerprint density at radius 2 is 2.08 bits per heavy atom. The number of hydrogen-bond donors (Lipinski definition) is 2. The van der Waals surface area contributed by atoms with Gasteiger partial charge in [0.25, 0.3) is 5.91 Å². The van der Waals surface area contributed by atoms with E-state index in [4.69, 9.17) is 4.74 Å². The molecule has 0 bridgehead atoms. The summed E-state index contributed by atoms with van der Waals surface area (Å²) in [5.41, 5.74) is 1.58. The van der Waals surface area contributed by atoms with Crippen LogP contribution in [0.5, 0.6) is 5.75 Å². The Balaban J connectivity index is 1.62. The Kier molecular flexibility index (Phi) is 4.89. The maximum absolute atomic E-state index is 12.2. The highest BCUT2D eigenvalue weighted by Crippen LogP contribution is 2.19. The number of sulfone groups is 1. The van der Waals surface area contributed by atoms with Crippen molar-refractivity contribution >= 4 is 27.1 Å². The van der Waals surface area contributed by atoms with Crippen LogP contribution in [0.1, 0.15) is 16.9 Å². The third-order valence-electron chi connectivity index (χ3n) is 3.93. The Morgan fingerprint density at radius 3 is 2.72 bits per heavy atom. The Bertz CT molecular complexity index is 866. The number of ether oxygens (including phenoxy) is 1. The number of anilines is 2. The predicted octanol–water partition coefficient (Wildman–Crippen LogP) is 1.94. The van der Waals surface area contributed by atoms with Crippen molar-refractivity contribution in [2.24, 2.45) is 0 Å². The highest BCUT2D eigenvalue weighted by molar-refractivity contribution is 7.91. The van der Waals surface area contributed by atoms with Crippen molar-refractivity contribution in [2.45, 2.75) is 12.5 Å². The molecule has 0 spiro atoms. The lowest BCUT2D eigenvalue weighted by Gasteiger charge is -2.12. The molecule has 1 aromatic carbocycles. The van der Waals surface area contributed by atoms with Crippen LogP contribution >= 0.6 is 0 Å². The van der Waals surface area contributed by atoms with Crippen LogP contribution in [-0.4, -0.2) is 44.0 Å². The van der Waals surface area contributed by atoms with Gasteiger partial charge >= 0.3 is 0 Å². The van der Waals surface area contributed by atoms with Crippen molar-refractivity contribution < 1.29 is 17.9 Å². The number of nitrogens with zero attached hydrogens (tertiary/aromatic N) is 1. The monoisotopic (exact) mass is 361 g/mol. The van der Waals surface area contributed by atoms with Gasteiger partial charge in [0.05, 0.1) is 30.5 Å². The molecule has 2 aromatic rings. The zero-order valence-electron chi connectivity index (χ0n) is 13.7. The molecule has 2 heterocycles. The zero-order valence-corrected chi connectivity index (χ0v) is 14.5. The number of benzene rings is 1. The third kappa shape index (κ3) is 4.48. The summed E-state index contributed by atoms with van der Waals surface area (Å²) in [6, 6.07) is 10.3. The summed E-state index contributed by atoms with van der Waals surface area (Å²) in [4.78, 5) is 16.4. The van der Waals surface area contributed by atoms with Gasteiger partial charge in [-0.3, -0.25) is 4.79 Å². The molecule has 3 rings (SSSR count). The van der Waals surface area contributed by atoms with Gasteiger partial charge in [-0.25, -0.2) is 13.4 Å². The Hall–Kier alpha value is -2.61. The smallest absolute Gasteiger partial charge is 0.274 e. The summed E-state index contributed by atoms with van der Waals surface area (Å²) in [5.74, 6) is 0.657. The summed E-state index contributed by atoms with van der Waals surface area (Å²) in [6.45, 7) is 0. The number of rotatable bonds is 5. The largest absolute Gasteiger partial charge is 0.497 e. The highest BCUT2D eigenvalue weighted by atomic mass is 32.2.